The van der Waals surface area contributed by atoms with Crippen LogP contribution in [0.25, 0.3) is 11.3 Å². The molecule has 0 fully saturated rings. The number of nitrogens with one attached hydrogen (secondary N) is 1. The molecule has 1 N–H and O–H groups in total. The van der Waals surface area contributed by atoms with Gasteiger partial charge < -0.3 is 10.1 Å². The second kappa shape index (κ2) is 6.91. The van der Waals surface area contributed by atoms with Crippen LogP contribution in [0, 0.1) is 0 Å². The zero-order chi connectivity index (χ0) is 16.9. The summed E-state index contributed by atoms with van der Waals surface area (Å²) in [7, 11) is 1.86. The third-order valence-corrected chi connectivity index (χ3v) is 3.43. The van der Waals surface area contributed by atoms with E-state index >= 15 is 0 Å². The van der Waals surface area contributed by atoms with Gasteiger partial charge in [-0.05, 0) is 24.6 Å². The Balaban J connectivity index is 1.87. The molecule has 3 aromatic heterocycles. The van der Waals surface area contributed by atoms with Crippen molar-refractivity contribution in [2.24, 2.45) is 7.05 Å². The number of carbonyl (C=O) groups is 1. The fraction of sp³-hybridized carbons (Fsp3) is 0.176. The first-order chi connectivity index (χ1) is 11.7. The van der Waals surface area contributed by atoms with E-state index in [1.165, 1.54) is 0 Å². The highest BCUT2D eigenvalue weighted by Gasteiger charge is 2.09. The normalized spacial score (nSPS) is 10.4. The van der Waals surface area contributed by atoms with Gasteiger partial charge in [0.05, 0.1) is 17.6 Å². The van der Waals surface area contributed by atoms with E-state index in [1.54, 1.807) is 35.3 Å². The number of amides is 1. The summed E-state index contributed by atoms with van der Waals surface area (Å²) >= 11 is 0. The molecule has 0 aromatic carbocycles. The molecule has 0 radical (unpaired) electrons. The average molecular weight is 323 g/mol. The van der Waals surface area contributed by atoms with Crippen molar-refractivity contribution in [3.63, 3.8) is 0 Å². The Morgan fingerprint density at radius 1 is 1.33 bits per heavy atom. The van der Waals surface area contributed by atoms with E-state index in [2.05, 4.69) is 20.4 Å². The Labute approximate surface area is 139 Å². The van der Waals surface area contributed by atoms with Crippen molar-refractivity contribution < 1.29 is 9.53 Å². The number of aromatic nitrogens is 4. The number of aryl methyl sites for hydroxylation is 2. The van der Waals surface area contributed by atoms with E-state index in [0.717, 1.165) is 17.0 Å². The summed E-state index contributed by atoms with van der Waals surface area (Å²) in [4.78, 5) is 19.2. The van der Waals surface area contributed by atoms with Gasteiger partial charge >= 0.3 is 0 Å². The Kier molecular flexibility index (Phi) is 4.51. The van der Waals surface area contributed by atoms with E-state index in [9.17, 15) is 4.79 Å². The number of pyridine rings is 2. The number of nitrogens with zero attached hydrogens (tertiary/aromatic N) is 4. The largest absolute Gasteiger partial charge is 0.455 e. The molecule has 0 saturated heterocycles. The minimum Gasteiger partial charge on any atom is -0.455 e. The fourth-order valence-corrected chi connectivity index (χ4v) is 2.29. The maximum atomic E-state index is 10.5. The lowest BCUT2D eigenvalue weighted by Crippen LogP contribution is -2.01. The molecule has 0 atom stereocenters. The van der Waals surface area contributed by atoms with Crippen molar-refractivity contribution >= 4 is 12.2 Å². The van der Waals surface area contributed by atoms with Crippen molar-refractivity contribution in [2.75, 3.05) is 5.32 Å². The lowest BCUT2D eigenvalue weighted by molar-refractivity contribution is -0.105. The summed E-state index contributed by atoms with van der Waals surface area (Å²) < 4.78 is 7.68. The topological polar surface area (TPSA) is 81.9 Å². The molecule has 7 heteroatoms. The number of ether oxygens (including phenoxy) is 1. The van der Waals surface area contributed by atoms with Crippen LogP contribution in [-0.2, 0) is 18.3 Å². The molecule has 0 aliphatic carbocycles. The molecule has 0 saturated carbocycles. The monoisotopic (exact) mass is 323 g/mol. The van der Waals surface area contributed by atoms with Crippen LogP contribution in [0.4, 0.5) is 5.82 Å². The van der Waals surface area contributed by atoms with Gasteiger partial charge in [-0.2, -0.15) is 5.10 Å². The molecule has 0 spiro atoms. The van der Waals surface area contributed by atoms with Crippen LogP contribution >= 0.6 is 0 Å². The molecule has 1 amide bonds. The van der Waals surface area contributed by atoms with Gasteiger partial charge in [-0.1, -0.05) is 6.92 Å². The van der Waals surface area contributed by atoms with E-state index in [1.807, 2.05) is 26.2 Å². The Morgan fingerprint density at radius 2 is 2.21 bits per heavy atom. The summed E-state index contributed by atoms with van der Waals surface area (Å²) in [6, 6.07) is 7.14. The second-order valence-electron chi connectivity index (χ2n) is 5.14. The van der Waals surface area contributed by atoms with Crippen LogP contribution < -0.4 is 10.1 Å². The molecule has 0 aliphatic heterocycles. The van der Waals surface area contributed by atoms with Crippen LogP contribution in [0.15, 0.2) is 42.9 Å². The van der Waals surface area contributed by atoms with Gasteiger partial charge in [0.15, 0.2) is 0 Å². The standard InChI is InChI=1S/C17H17N5O2/c1-3-14-16(4-5-17(21-14)19-11-23)24-13-6-7-18-15(8-13)12-9-20-22(2)10-12/h4-11H,3H2,1-2H3,(H,19,21,23). The lowest BCUT2D eigenvalue weighted by atomic mass is 10.2. The smallest absolute Gasteiger partial charge is 0.212 e. The maximum Gasteiger partial charge on any atom is 0.212 e. The van der Waals surface area contributed by atoms with E-state index in [0.29, 0.717) is 30.1 Å². The minimum atomic E-state index is 0.500. The minimum absolute atomic E-state index is 0.500. The van der Waals surface area contributed by atoms with Crippen LogP contribution in [0.2, 0.25) is 0 Å². The quantitative estimate of drug-likeness (QED) is 0.705. The third kappa shape index (κ3) is 3.40. The Hall–Kier alpha value is -3.22. The van der Waals surface area contributed by atoms with Crippen LogP contribution in [0.1, 0.15) is 12.6 Å². The maximum absolute atomic E-state index is 10.5. The van der Waals surface area contributed by atoms with Gasteiger partial charge in [-0.3, -0.25) is 14.5 Å². The molecular formula is C17H17N5O2. The first kappa shape index (κ1) is 15.7. The highest BCUT2D eigenvalue weighted by molar-refractivity contribution is 5.69. The molecule has 3 rings (SSSR count). The number of hydrogen-bond acceptors (Lipinski definition) is 5. The molecule has 3 aromatic rings. The summed E-state index contributed by atoms with van der Waals surface area (Å²) in [6.45, 7) is 1.98. The van der Waals surface area contributed by atoms with E-state index < -0.39 is 0 Å². The second-order valence-corrected chi connectivity index (χ2v) is 5.14. The fourth-order valence-electron chi connectivity index (χ4n) is 2.29. The zero-order valence-electron chi connectivity index (χ0n) is 13.4. The molecule has 0 unspecified atom stereocenters. The highest BCUT2D eigenvalue weighted by Crippen LogP contribution is 2.28. The molecule has 0 aliphatic rings. The molecule has 24 heavy (non-hydrogen) atoms. The average Bonchev–Trinajstić information content (AvgIpc) is 3.03. The third-order valence-electron chi connectivity index (χ3n) is 3.43. The van der Waals surface area contributed by atoms with Gasteiger partial charge in [0.25, 0.3) is 0 Å². The number of anilines is 1. The predicted octanol–water partition coefficient (Wildman–Crippen LogP) is 2.80. The SMILES string of the molecule is CCc1nc(NC=O)ccc1Oc1ccnc(-c2cnn(C)c2)c1. The Morgan fingerprint density at radius 3 is 2.92 bits per heavy atom. The first-order valence-corrected chi connectivity index (χ1v) is 7.52. The molecule has 3 heterocycles. The number of rotatable bonds is 6. The number of hydrogen-bond donors (Lipinski definition) is 1. The van der Waals surface area contributed by atoms with Gasteiger partial charge in [-0.15, -0.1) is 0 Å². The van der Waals surface area contributed by atoms with Crippen LogP contribution in [0.5, 0.6) is 11.5 Å². The van der Waals surface area contributed by atoms with Crippen LogP contribution in [-0.4, -0.2) is 26.2 Å². The Bertz CT molecular complexity index is 860. The summed E-state index contributed by atoms with van der Waals surface area (Å²) in [5, 5.41) is 6.69. The van der Waals surface area contributed by atoms with Gasteiger partial charge in [0.1, 0.15) is 17.3 Å². The molecule has 0 bridgehead atoms. The predicted molar refractivity (Wildman–Crippen MR) is 89.8 cm³/mol. The van der Waals surface area contributed by atoms with Crippen molar-refractivity contribution in [3.8, 4) is 22.8 Å². The first-order valence-electron chi connectivity index (χ1n) is 7.52. The van der Waals surface area contributed by atoms with Crippen LogP contribution in [0.3, 0.4) is 0 Å². The summed E-state index contributed by atoms with van der Waals surface area (Å²) in [5.74, 6) is 1.81. The molecule has 122 valence electrons. The summed E-state index contributed by atoms with van der Waals surface area (Å²) in [6.07, 6.45) is 6.63. The molecular weight excluding hydrogens is 306 g/mol. The van der Waals surface area contributed by atoms with Gasteiger partial charge in [0, 0.05) is 31.1 Å². The van der Waals surface area contributed by atoms with Crippen molar-refractivity contribution in [2.45, 2.75) is 13.3 Å². The zero-order valence-corrected chi connectivity index (χ0v) is 13.4. The van der Waals surface area contributed by atoms with Crippen molar-refractivity contribution in [1.29, 1.82) is 0 Å². The summed E-state index contributed by atoms with van der Waals surface area (Å²) in [5.41, 5.74) is 2.47. The van der Waals surface area contributed by atoms with E-state index in [4.69, 9.17) is 4.74 Å². The lowest BCUT2D eigenvalue weighted by Gasteiger charge is -2.11. The van der Waals surface area contributed by atoms with Crippen molar-refractivity contribution in [3.05, 3.63) is 48.5 Å². The number of carbonyl (C=O) groups excluding carboxylic acids is 1. The highest BCUT2D eigenvalue weighted by atomic mass is 16.5. The van der Waals surface area contributed by atoms with Gasteiger partial charge in [0.2, 0.25) is 6.41 Å². The van der Waals surface area contributed by atoms with E-state index in [-0.39, 0.29) is 0 Å². The molecule has 7 nitrogen and oxygen atoms in total. The van der Waals surface area contributed by atoms with Gasteiger partial charge in [-0.25, -0.2) is 4.98 Å². The van der Waals surface area contributed by atoms with Crippen molar-refractivity contribution in [1.82, 2.24) is 19.7 Å².